The summed E-state index contributed by atoms with van der Waals surface area (Å²) in [6.07, 6.45) is 1.87. The van der Waals surface area contributed by atoms with Gasteiger partial charge in [0.2, 0.25) is 0 Å². The molecule has 0 radical (unpaired) electrons. The normalized spacial score (nSPS) is 16.4. The van der Waals surface area contributed by atoms with Gasteiger partial charge in [-0.1, -0.05) is 19.1 Å². The van der Waals surface area contributed by atoms with Gasteiger partial charge in [0.25, 0.3) is 0 Å². The molecule has 0 amide bonds. The van der Waals surface area contributed by atoms with Gasteiger partial charge in [-0.05, 0) is 25.5 Å². The van der Waals surface area contributed by atoms with Crippen LogP contribution in [0.3, 0.4) is 0 Å². The first kappa shape index (κ1) is 10.0. The molecule has 1 unspecified atom stereocenters. The van der Waals surface area contributed by atoms with E-state index in [-0.39, 0.29) is 5.54 Å². The molecule has 0 heterocycles. The molecule has 0 saturated heterocycles. The number of nitrogens with two attached hydrogens (primary N) is 1. The number of thiol groups is 1. The summed E-state index contributed by atoms with van der Waals surface area (Å²) in [4.78, 5) is 0. The molecule has 0 aromatic carbocycles. The molecule has 0 aliphatic rings. The molecule has 1 nitrogen and oxygen atoms in total. The first-order valence-electron chi connectivity index (χ1n) is 3.62. The maximum Gasteiger partial charge on any atom is 0.0368 e. The van der Waals surface area contributed by atoms with E-state index in [0.29, 0.717) is 0 Å². The fraction of sp³-hybridized carbons (Fsp3) is 0.750. The van der Waals surface area contributed by atoms with Crippen LogP contribution in [0.15, 0.2) is 12.2 Å². The van der Waals surface area contributed by atoms with E-state index in [9.17, 15) is 0 Å². The van der Waals surface area contributed by atoms with Crippen LogP contribution in [-0.4, -0.2) is 11.3 Å². The number of rotatable bonds is 4. The van der Waals surface area contributed by atoms with Crippen molar-refractivity contribution in [2.45, 2.75) is 32.2 Å². The smallest absolute Gasteiger partial charge is 0.0368 e. The Morgan fingerprint density at radius 3 is 2.30 bits per heavy atom. The van der Waals surface area contributed by atoms with Gasteiger partial charge in [0.15, 0.2) is 0 Å². The quantitative estimate of drug-likeness (QED) is 0.476. The van der Waals surface area contributed by atoms with E-state index in [0.717, 1.165) is 24.2 Å². The molecular weight excluding hydrogens is 142 g/mol. The van der Waals surface area contributed by atoms with Gasteiger partial charge in [0.05, 0.1) is 0 Å². The summed E-state index contributed by atoms with van der Waals surface area (Å²) in [5.74, 6) is 0.831. The Morgan fingerprint density at radius 2 is 2.20 bits per heavy atom. The molecule has 0 aromatic rings. The molecule has 0 aromatic heterocycles. The maximum absolute atomic E-state index is 6.00. The van der Waals surface area contributed by atoms with Crippen LogP contribution < -0.4 is 5.73 Å². The highest BCUT2D eigenvalue weighted by Crippen LogP contribution is 2.20. The molecule has 2 heteroatoms. The van der Waals surface area contributed by atoms with Crippen molar-refractivity contribution in [1.29, 1.82) is 0 Å². The molecule has 0 rings (SSSR count). The van der Waals surface area contributed by atoms with Crippen molar-refractivity contribution in [3.63, 3.8) is 0 Å². The summed E-state index contributed by atoms with van der Waals surface area (Å²) in [6, 6.07) is 0. The Morgan fingerprint density at radius 1 is 1.70 bits per heavy atom. The molecule has 0 saturated carbocycles. The topological polar surface area (TPSA) is 26.0 Å². The predicted molar refractivity (Wildman–Crippen MR) is 50.5 cm³/mol. The fourth-order valence-corrected chi connectivity index (χ4v) is 1.29. The van der Waals surface area contributed by atoms with Crippen LogP contribution in [0.4, 0.5) is 0 Å². The summed E-state index contributed by atoms with van der Waals surface area (Å²) in [5.41, 5.74) is 6.88. The second-order valence-electron chi connectivity index (χ2n) is 2.76. The van der Waals surface area contributed by atoms with Crippen LogP contribution in [0.2, 0.25) is 0 Å². The third-order valence-corrected chi connectivity index (χ3v) is 2.26. The minimum absolute atomic E-state index is 0.179. The van der Waals surface area contributed by atoms with Crippen LogP contribution in [0, 0.1) is 0 Å². The largest absolute Gasteiger partial charge is 0.322 e. The summed E-state index contributed by atoms with van der Waals surface area (Å²) >= 11 is 4.14. The first-order chi connectivity index (χ1) is 4.56. The van der Waals surface area contributed by atoms with Crippen LogP contribution >= 0.6 is 12.6 Å². The Bertz CT molecular complexity index is 122. The molecule has 10 heavy (non-hydrogen) atoms. The van der Waals surface area contributed by atoms with Crippen LogP contribution in [0.5, 0.6) is 0 Å². The van der Waals surface area contributed by atoms with Gasteiger partial charge in [-0.3, -0.25) is 0 Å². The fourth-order valence-electron chi connectivity index (χ4n) is 0.891. The summed E-state index contributed by atoms with van der Waals surface area (Å²) in [7, 11) is 0. The van der Waals surface area contributed by atoms with Gasteiger partial charge in [0.1, 0.15) is 0 Å². The second kappa shape index (κ2) is 4.04. The molecule has 2 N–H and O–H groups in total. The number of hydrogen-bond acceptors (Lipinski definition) is 2. The van der Waals surface area contributed by atoms with E-state index >= 15 is 0 Å². The van der Waals surface area contributed by atoms with Crippen LogP contribution in [0.1, 0.15) is 26.7 Å². The third kappa shape index (κ3) is 2.35. The van der Waals surface area contributed by atoms with Crippen molar-refractivity contribution in [2.75, 3.05) is 5.75 Å². The third-order valence-electron chi connectivity index (χ3n) is 2.04. The predicted octanol–water partition coefficient (Wildman–Crippen LogP) is 1.99. The SMILES string of the molecule is C=C(C)C(N)(CC)CCS. The minimum Gasteiger partial charge on any atom is -0.322 e. The van der Waals surface area contributed by atoms with Crippen molar-refractivity contribution in [1.82, 2.24) is 0 Å². The molecule has 0 aliphatic heterocycles. The van der Waals surface area contributed by atoms with Gasteiger partial charge in [0, 0.05) is 5.54 Å². The Kier molecular flexibility index (Phi) is 4.06. The highest BCUT2D eigenvalue weighted by atomic mass is 32.1. The lowest BCUT2D eigenvalue weighted by molar-refractivity contribution is 0.470. The summed E-state index contributed by atoms with van der Waals surface area (Å²) in [6.45, 7) is 7.92. The van der Waals surface area contributed by atoms with E-state index in [1.807, 2.05) is 6.92 Å². The van der Waals surface area contributed by atoms with Crippen molar-refractivity contribution < 1.29 is 0 Å². The zero-order chi connectivity index (χ0) is 8.20. The van der Waals surface area contributed by atoms with E-state index in [4.69, 9.17) is 5.73 Å². The Labute approximate surface area is 69.1 Å². The number of hydrogen-bond donors (Lipinski definition) is 2. The Balaban J connectivity index is 4.08. The zero-order valence-corrected chi connectivity index (χ0v) is 7.75. The second-order valence-corrected chi connectivity index (χ2v) is 3.21. The van der Waals surface area contributed by atoms with E-state index in [2.05, 4.69) is 26.1 Å². The maximum atomic E-state index is 6.00. The molecular formula is C8H17NS. The van der Waals surface area contributed by atoms with E-state index in [1.165, 1.54) is 0 Å². The van der Waals surface area contributed by atoms with Crippen molar-refractivity contribution in [3.8, 4) is 0 Å². The van der Waals surface area contributed by atoms with Crippen molar-refractivity contribution in [3.05, 3.63) is 12.2 Å². The zero-order valence-electron chi connectivity index (χ0n) is 6.85. The van der Waals surface area contributed by atoms with Crippen LogP contribution in [-0.2, 0) is 0 Å². The summed E-state index contributed by atoms with van der Waals surface area (Å²) in [5, 5.41) is 0. The monoisotopic (exact) mass is 159 g/mol. The highest BCUT2D eigenvalue weighted by Gasteiger charge is 2.21. The molecule has 0 bridgehead atoms. The molecule has 1 atom stereocenters. The van der Waals surface area contributed by atoms with E-state index in [1.54, 1.807) is 0 Å². The van der Waals surface area contributed by atoms with E-state index < -0.39 is 0 Å². The lowest BCUT2D eigenvalue weighted by Crippen LogP contribution is -2.40. The van der Waals surface area contributed by atoms with Gasteiger partial charge in [-0.25, -0.2) is 0 Å². The molecule has 0 aliphatic carbocycles. The molecule has 60 valence electrons. The minimum atomic E-state index is -0.179. The van der Waals surface area contributed by atoms with Crippen LogP contribution in [0.25, 0.3) is 0 Å². The van der Waals surface area contributed by atoms with Crippen molar-refractivity contribution >= 4 is 12.6 Å². The average molecular weight is 159 g/mol. The average Bonchev–Trinajstić information content (AvgIpc) is 1.88. The summed E-state index contributed by atoms with van der Waals surface area (Å²) < 4.78 is 0. The van der Waals surface area contributed by atoms with Gasteiger partial charge in [-0.15, -0.1) is 0 Å². The van der Waals surface area contributed by atoms with Crippen molar-refractivity contribution in [2.24, 2.45) is 5.73 Å². The molecule has 0 spiro atoms. The lowest BCUT2D eigenvalue weighted by atomic mass is 9.87. The van der Waals surface area contributed by atoms with Gasteiger partial charge >= 0.3 is 0 Å². The highest BCUT2D eigenvalue weighted by molar-refractivity contribution is 7.80. The standard InChI is InChI=1S/C8H17NS/c1-4-8(9,5-6-10)7(2)3/h10H,2,4-6,9H2,1,3H3. The molecule has 0 fully saturated rings. The van der Waals surface area contributed by atoms with Gasteiger partial charge in [-0.2, -0.15) is 12.6 Å². The Hall–Kier alpha value is 0.0500. The first-order valence-corrected chi connectivity index (χ1v) is 4.26. The van der Waals surface area contributed by atoms with Gasteiger partial charge < -0.3 is 5.73 Å². The lowest BCUT2D eigenvalue weighted by Gasteiger charge is -2.27.